The van der Waals surface area contributed by atoms with Crippen LogP contribution in [0, 0.1) is 0 Å². The van der Waals surface area contributed by atoms with Crippen molar-refractivity contribution >= 4 is 22.3 Å². The number of benzene rings is 1. The van der Waals surface area contributed by atoms with Gasteiger partial charge in [-0.1, -0.05) is 0 Å². The van der Waals surface area contributed by atoms with Gasteiger partial charge in [0.25, 0.3) is 0 Å². The molecule has 0 spiro atoms. The van der Waals surface area contributed by atoms with Crippen LogP contribution in [-0.4, -0.2) is 36.5 Å². The molecular formula is C14H19N3O2. The van der Waals surface area contributed by atoms with Crippen LogP contribution in [0.2, 0.25) is 0 Å². The molecule has 102 valence electrons. The minimum absolute atomic E-state index is 0.0337. The molecule has 4 N–H and O–H groups in total. The van der Waals surface area contributed by atoms with Gasteiger partial charge in [0.05, 0.1) is 29.5 Å². The van der Waals surface area contributed by atoms with Gasteiger partial charge >= 0.3 is 0 Å². The van der Waals surface area contributed by atoms with Gasteiger partial charge in [-0.3, -0.25) is 4.98 Å². The van der Waals surface area contributed by atoms with Crippen molar-refractivity contribution in [2.45, 2.75) is 12.5 Å². The Morgan fingerprint density at radius 1 is 1.42 bits per heavy atom. The van der Waals surface area contributed by atoms with Crippen molar-refractivity contribution in [2.24, 2.45) is 0 Å². The summed E-state index contributed by atoms with van der Waals surface area (Å²) in [5.41, 5.74) is 8.54. The summed E-state index contributed by atoms with van der Waals surface area (Å²) in [7, 11) is 1.64. The lowest BCUT2D eigenvalue weighted by Crippen LogP contribution is -2.26. The largest absolute Gasteiger partial charge is 0.397 e. The Kier molecular flexibility index (Phi) is 4.54. The predicted molar refractivity (Wildman–Crippen MR) is 77.1 cm³/mol. The van der Waals surface area contributed by atoms with Crippen LogP contribution in [0.1, 0.15) is 6.42 Å². The number of pyridine rings is 1. The van der Waals surface area contributed by atoms with Gasteiger partial charge in [0.15, 0.2) is 0 Å². The first-order valence-corrected chi connectivity index (χ1v) is 6.25. The topological polar surface area (TPSA) is 80.4 Å². The van der Waals surface area contributed by atoms with Crippen molar-refractivity contribution in [1.82, 2.24) is 4.98 Å². The van der Waals surface area contributed by atoms with Crippen LogP contribution in [0.15, 0.2) is 30.5 Å². The van der Waals surface area contributed by atoms with Gasteiger partial charge in [0.2, 0.25) is 0 Å². The Morgan fingerprint density at radius 2 is 2.26 bits per heavy atom. The van der Waals surface area contributed by atoms with Crippen LogP contribution in [0.5, 0.6) is 0 Å². The van der Waals surface area contributed by atoms with Crippen LogP contribution < -0.4 is 11.1 Å². The first-order valence-electron chi connectivity index (χ1n) is 6.25. The van der Waals surface area contributed by atoms with Crippen molar-refractivity contribution in [2.75, 3.05) is 31.4 Å². The van der Waals surface area contributed by atoms with Gasteiger partial charge in [-0.2, -0.15) is 0 Å². The van der Waals surface area contributed by atoms with E-state index in [0.29, 0.717) is 18.7 Å². The molecule has 0 aliphatic rings. The smallest absolute Gasteiger partial charge is 0.0724 e. The number of nitrogen functional groups attached to an aromatic ring is 1. The molecule has 0 amide bonds. The van der Waals surface area contributed by atoms with Crippen molar-refractivity contribution in [1.29, 1.82) is 0 Å². The number of rotatable bonds is 6. The lowest BCUT2D eigenvalue weighted by Gasteiger charge is -2.20. The molecule has 0 bridgehead atoms. The summed E-state index contributed by atoms with van der Waals surface area (Å²) < 4.78 is 5.13. The highest BCUT2D eigenvalue weighted by atomic mass is 16.5. The Hall–Kier alpha value is -1.85. The number of aliphatic hydroxyl groups excluding tert-OH is 1. The van der Waals surface area contributed by atoms with Crippen molar-refractivity contribution in [3.8, 4) is 0 Å². The van der Waals surface area contributed by atoms with Crippen molar-refractivity contribution < 1.29 is 9.84 Å². The number of nitrogens with two attached hydrogens (primary N) is 1. The van der Waals surface area contributed by atoms with Crippen LogP contribution in [-0.2, 0) is 4.74 Å². The lowest BCUT2D eigenvalue weighted by atomic mass is 10.1. The molecule has 1 aromatic heterocycles. The molecule has 5 heteroatoms. The van der Waals surface area contributed by atoms with Crippen molar-refractivity contribution in [3.05, 3.63) is 30.5 Å². The fourth-order valence-corrected chi connectivity index (χ4v) is 2.08. The Morgan fingerprint density at radius 3 is 3.00 bits per heavy atom. The molecule has 1 unspecified atom stereocenters. The number of ether oxygens (including phenoxy) is 1. The molecule has 0 saturated carbocycles. The molecule has 2 rings (SSSR count). The standard InChI is InChI=1S/C14H19N3O2/c1-19-9-10(6-8-18)17-13-5-4-12-11(14(13)15)3-2-7-16-12/h2-5,7,10,17-18H,6,8-9,15H2,1H3. The van der Waals surface area contributed by atoms with Crippen LogP contribution in [0.3, 0.4) is 0 Å². The molecule has 2 aromatic rings. The fraction of sp³-hybridized carbons (Fsp3) is 0.357. The molecule has 0 aliphatic heterocycles. The second-order valence-corrected chi connectivity index (χ2v) is 4.41. The number of fused-ring (bicyclic) bond motifs is 1. The molecular weight excluding hydrogens is 242 g/mol. The average molecular weight is 261 g/mol. The SMILES string of the molecule is COCC(CCO)Nc1ccc2ncccc2c1N. The Bertz CT molecular complexity index is 539. The van der Waals surface area contributed by atoms with E-state index in [4.69, 9.17) is 15.6 Å². The number of aromatic nitrogens is 1. The third kappa shape index (κ3) is 3.13. The first-order chi connectivity index (χ1) is 9.26. The second kappa shape index (κ2) is 6.36. The second-order valence-electron chi connectivity index (χ2n) is 4.41. The molecule has 1 aromatic carbocycles. The monoisotopic (exact) mass is 261 g/mol. The number of hydrogen-bond donors (Lipinski definition) is 3. The number of aliphatic hydroxyl groups is 1. The maximum atomic E-state index is 9.05. The normalized spacial score (nSPS) is 12.5. The first kappa shape index (κ1) is 13.6. The molecule has 19 heavy (non-hydrogen) atoms. The zero-order chi connectivity index (χ0) is 13.7. The zero-order valence-corrected chi connectivity index (χ0v) is 11.0. The summed E-state index contributed by atoms with van der Waals surface area (Å²) in [6.45, 7) is 0.626. The van der Waals surface area contributed by atoms with E-state index < -0.39 is 0 Å². The van der Waals surface area contributed by atoms with E-state index in [9.17, 15) is 0 Å². The van der Waals surface area contributed by atoms with E-state index >= 15 is 0 Å². The Balaban J connectivity index is 2.26. The number of anilines is 2. The molecule has 1 atom stereocenters. The quantitative estimate of drug-likeness (QED) is 0.689. The third-order valence-corrected chi connectivity index (χ3v) is 3.03. The molecule has 0 saturated heterocycles. The summed E-state index contributed by atoms with van der Waals surface area (Å²) in [4.78, 5) is 4.26. The van der Waals surface area contributed by atoms with E-state index in [0.717, 1.165) is 16.6 Å². The highest BCUT2D eigenvalue weighted by Crippen LogP contribution is 2.28. The van der Waals surface area contributed by atoms with E-state index in [1.807, 2.05) is 24.3 Å². The number of nitrogens with one attached hydrogen (secondary N) is 1. The van der Waals surface area contributed by atoms with Gasteiger partial charge in [0, 0.05) is 25.3 Å². The highest BCUT2D eigenvalue weighted by molar-refractivity contribution is 5.96. The van der Waals surface area contributed by atoms with Crippen molar-refractivity contribution in [3.63, 3.8) is 0 Å². The van der Waals surface area contributed by atoms with E-state index in [1.54, 1.807) is 13.3 Å². The molecule has 1 heterocycles. The van der Waals surface area contributed by atoms with Gasteiger partial charge in [-0.25, -0.2) is 0 Å². The summed E-state index contributed by atoms with van der Waals surface area (Å²) in [6.07, 6.45) is 2.35. The van der Waals surface area contributed by atoms with Gasteiger partial charge in [-0.15, -0.1) is 0 Å². The number of hydrogen-bond acceptors (Lipinski definition) is 5. The molecule has 0 radical (unpaired) electrons. The molecule has 0 fully saturated rings. The number of nitrogens with zero attached hydrogens (tertiary/aromatic N) is 1. The van der Waals surface area contributed by atoms with Gasteiger partial charge < -0.3 is 20.9 Å². The maximum absolute atomic E-state index is 9.05. The highest BCUT2D eigenvalue weighted by Gasteiger charge is 2.11. The average Bonchev–Trinajstić information content (AvgIpc) is 2.43. The Labute approximate surface area is 112 Å². The minimum atomic E-state index is 0.0337. The molecule has 5 nitrogen and oxygen atoms in total. The lowest BCUT2D eigenvalue weighted by molar-refractivity contribution is 0.170. The minimum Gasteiger partial charge on any atom is -0.397 e. The van der Waals surface area contributed by atoms with E-state index in [2.05, 4.69) is 10.3 Å². The maximum Gasteiger partial charge on any atom is 0.0724 e. The van der Waals surface area contributed by atoms with E-state index in [1.165, 1.54) is 0 Å². The number of methoxy groups -OCH3 is 1. The van der Waals surface area contributed by atoms with Crippen LogP contribution >= 0.6 is 0 Å². The third-order valence-electron chi connectivity index (χ3n) is 3.03. The summed E-state index contributed by atoms with van der Waals surface area (Å²) in [5.74, 6) is 0. The van der Waals surface area contributed by atoms with E-state index in [-0.39, 0.29) is 12.6 Å². The van der Waals surface area contributed by atoms with Gasteiger partial charge in [0.1, 0.15) is 0 Å². The summed E-state index contributed by atoms with van der Waals surface area (Å²) in [6, 6.07) is 7.68. The molecule has 0 aliphatic carbocycles. The summed E-state index contributed by atoms with van der Waals surface area (Å²) in [5, 5.41) is 13.3. The van der Waals surface area contributed by atoms with Crippen LogP contribution in [0.4, 0.5) is 11.4 Å². The zero-order valence-electron chi connectivity index (χ0n) is 11.0. The predicted octanol–water partition coefficient (Wildman–Crippen LogP) is 1.63. The van der Waals surface area contributed by atoms with Crippen LogP contribution in [0.25, 0.3) is 10.9 Å². The fourth-order valence-electron chi connectivity index (χ4n) is 2.08. The van der Waals surface area contributed by atoms with Gasteiger partial charge in [-0.05, 0) is 30.7 Å². The summed E-state index contributed by atoms with van der Waals surface area (Å²) >= 11 is 0.